The van der Waals surface area contributed by atoms with Gasteiger partial charge in [0.1, 0.15) is 0 Å². The van der Waals surface area contributed by atoms with E-state index in [1.165, 1.54) is 0 Å². The van der Waals surface area contributed by atoms with Gasteiger partial charge < -0.3 is 11.1 Å². The second-order valence-corrected chi connectivity index (χ2v) is 5.43. The van der Waals surface area contributed by atoms with Gasteiger partial charge in [0.25, 0.3) is 0 Å². The first-order chi connectivity index (χ1) is 9.97. The van der Waals surface area contributed by atoms with Crippen LogP contribution in [-0.4, -0.2) is 32.2 Å². The molecule has 1 heterocycles. The number of anilines is 1. The quantitative estimate of drug-likeness (QED) is 0.861. The van der Waals surface area contributed by atoms with Crippen LogP contribution in [0.1, 0.15) is 20.3 Å². The highest BCUT2D eigenvalue weighted by Gasteiger charge is 2.15. The third kappa shape index (κ3) is 3.85. The van der Waals surface area contributed by atoms with E-state index in [-0.39, 0.29) is 5.91 Å². The standard InChI is InChI=1S/C14H20N6O/c1-9(2)7-12(15)14(21)16-11-6-4-5-10(8-11)13-17-18-19-20(13)3/h4-6,8-9,12H,7,15H2,1-3H3,(H,16,21). The van der Waals surface area contributed by atoms with Gasteiger partial charge in [-0.1, -0.05) is 26.0 Å². The smallest absolute Gasteiger partial charge is 0.241 e. The first-order valence-corrected chi connectivity index (χ1v) is 6.86. The first-order valence-electron chi connectivity index (χ1n) is 6.86. The molecule has 2 rings (SSSR count). The van der Waals surface area contributed by atoms with Gasteiger partial charge in [0.2, 0.25) is 5.91 Å². The van der Waals surface area contributed by atoms with Crippen LogP contribution in [0.5, 0.6) is 0 Å². The minimum absolute atomic E-state index is 0.183. The lowest BCUT2D eigenvalue weighted by Crippen LogP contribution is -2.36. The van der Waals surface area contributed by atoms with Gasteiger partial charge in [0, 0.05) is 18.3 Å². The number of aromatic nitrogens is 4. The van der Waals surface area contributed by atoms with Crippen LogP contribution in [0.15, 0.2) is 24.3 Å². The average Bonchev–Trinajstić information content (AvgIpc) is 2.84. The number of hydrogen-bond acceptors (Lipinski definition) is 5. The summed E-state index contributed by atoms with van der Waals surface area (Å²) in [4.78, 5) is 12.0. The average molecular weight is 288 g/mol. The number of hydrogen-bond donors (Lipinski definition) is 2. The molecule has 3 N–H and O–H groups in total. The molecule has 1 aromatic heterocycles. The van der Waals surface area contributed by atoms with Crippen molar-refractivity contribution in [2.45, 2.75) is 26.3 Å². The number of rotatable bonds is 5. The Morgan fingerprint density at radius 3 is 2.81 bits per heavy atom. The van der Waals surface area contributed by atoms with Crippen molar-refractivity contribution in [3.8, 4) is 11.4 Å². The summed E-state index contributed by atoms with van der Waals surface area (Å²) in [6.07, 6.45) is 0.652. The van der Waals surface area contributed by atoms with Crippen molar-refractivity contribution in [2.24, 2.45) is 18.7 Å². The van der Waals surface area contributed by atoms with Gasteiger partial charge in [0.15, 0.2) is 5.82 Å². The fourth-order valence-electron chi connectivity index (χ4n) is 2.06. The summed E-state index contributed by atoms with van der Waals surface area (Å²) in [5, 5.41) is 14.2. The minimum Gasteiger partial charge on any atom is -0.325 e. The van der Waals surface area contributed by atoms with Crippen LogP contribution in [0.2, 0.25) is 0 Å². The molecule has 7 nitrogen and oxygen atoms in total. The van der Waals surface area contributed by atoms with Crippen LogP contribution >= 0.6 is 0 Å². The van der Waals surface area contributed by atoms with E-state index in [0.29, 0.717) is 23.9 Å². The maximum Gasteiger partial charge on any atom is 0.241 e. The Bertz CT molecular complexity index is 621. The number of carbonyl (C=O) groups excluding carboxylic acids is 1. The molecule has 0 aliphatic carbocycles. The predicted molar refractivity (Wildman–Crippen MR) is 80.3 cm³/mol. The van der Waals surface area contributed by atoms with Crippen LogP contribution in [0.3, 0.4) is 0 Å². The number of nitrogens with zero attached hydrogens (tertiary/aromatic N) is 4. The van der Waals surface area contributed by atoms with E-state index in [1.807, 2.05) is 38.1 Å². The second-order valence-electron chi connectivity index (χ2n) is 5.43. The van der Waals surface area contributed by atoms with Crippen molar-refractivity contribution in [1.29, 1.82) is 0 Å². The maximum absolute atomic E-state index is 12.0. The van der Waals surface area contributed by atoms with Crippen molar-refractivity contribution >= 4 is 11.6 Å². The third-order valence-corrected chi connectivity index (χ3v) is 3.07. The Morgan fingerprint density at radius 1 is 1.43 bits per heavy atom. The molecule has 2 aromatic rings. The Kier molecular flexibility index (Phi) is 4.64. The Hall–Kier alpha value is -2.28. The molecular formula is C14H20N6O. The number of tetrazole rings is 1. The zero-order valence-electron chi connectivity index (χ0n) is 12.4. The summed E-state index contributed by atoms with van der Waals surface area (Å²) in [5.74, 6) is 0.830. The molecule has 7 heteroatoms. The number of nitrogens with one attached hydrogen (secondary N) is 1. The number of benzene rings is 1. The summed E-state index contributed by atoms with van der Waals surface area (Å²) in [5.41, 5.74) is 7.39. The highest BCUT2D eigenvalue weighted by atomic mass is 16.2. The van der Waals surface area contributed by atoms with Gasteiger partial charge in [-0.05, 0) is 34.9 Å². The molecule has 0 aliphatic heterocycles. The van der Waals surface area contributed by atoms with Crippen LogP contribution in [0, 0.1) is 5.92 Å². The van der Waals surface area contributed by atoms with E-state index >= 15 is 0 Å². The second kappa shape index (κ2) is 6.45. The minimum atomic E-state index is -0.509. The number of aryl methyl sites for hydroxylation is 1. The molecular weight excluding hydrogens is 268 g/mol. The topological polar surface area (TPSA) is 98.7 Å². The Morgan fingerprint density at radius 2 is 2.19 bits per heavy atom. The van der Waals surface area contributed by atoms with Crippen molar-refractivity contribution in [3.05, 3.63) is 24.3 Å². The molecule has 1 unspecified atom stereocenters. The lowest BCUT2D eigenvalue weighted by molar-refractivity contribution is -0.117. The van der Waals surface area contributed by atoms with Gasteiger partial charge in [-0.25, -0.2) is 4.68 Å². The Labute approximate surface area is 123 Å². The van der Waals surface area contributed by atoms with E-state index in [9.17, 15) is 4.79 Å². The van der Waals surface area contributed by atoms with E-state index < -0.39 is 6.04 Å². The summed E-state index contributed by atoms with van der Waals surface area (Å²) in [7, 11) is 1.76. The maximum atomic E-state index is 12.0. The molecule has 0 radical (unpaired) electrons. The lowest BCUT2D eigenvalue weighted by atomic mass is 10.0. The number of nitrogens with two attached hydrogens (primary N) is 1. The van der Waals surface area contributed by atoms with E-state index in [4.69, 9.17) is 5.73 Å². The highest BCUT2D eigenvalue weighted by molar-refractivity contribution is 5.95. The Balaban J connectivity index is 2.12. The summed E-state index contributed by atoms with van der Waals surface area (Å²) < 4.78 is 1.57. The van der Waals surface area contributed by atoms with E-state index in [0.717, 1.165) is 5.56 Å². The zero-order valence-corrected chi connectivity index (χ0v) is 12.4. The molecule has 1 atom stereocenters. The predicted octanol–water partition coefficient (Wildman–Crippen LogP) is 1.19. The fourth-order valence-corrected chi connectivity index (χ4v) is 2.06. The molecule has 0 fully saturated rings. The molecule has 0 spiro atoms. The van der Waals surface area contributed by atoms with Gasteiger partial charge in [0.05, 0.1) is 6.04 Å². The largest absolute Gasteiger partial charge is 0.325 e. The summed E-state index contributed by atoms with van der Waals surface area (Å²) >= 11 is 0. The highest BCUT2D eigenvalue weighted by Crippen LogP contribution is 2.19. The molecule has 0 saturated heterocycles. The summed E-state index contributed by atoms with van der Waals surface area (Å²) in [6.45, 7) is 4.07. The molecule has 112 valence electrons. The van der Waals surface area contributed by atoms with Crippen molar-refractivity contribution in [2.75, 3.05) is 5.32 Å². The van der Waals surface area contributed by atoms with Crippen molar-refractivity contribution in [1.82, 2.24) is 20.2 Å². The van der Waals surface area contributed by atoms with Crippen LogP contribution in [-0.2, 0) is 11.8 Å². The van der Waals surface area contributed by atoms with Gasteiger partial charge in [-0.2, -0.15) is 0 Å². The molecule has 0 aliphatic rings. The normalized spacial score (nSPS) is 12.4. The molecule has 0 bridgehead atoms. The van der Waals surface area contributed by atoms with Gasteiger partial charge >= 0.3 is 0 Å². The third-order valence-electron chi connectivity index (χ3n) is 3.07. The SMILES string of the molecule is CC(C)CC(N)C(=O)Nc1cccc(-c2nnnn2C)c1. The van der Waals surface area contributed by atoms with Gasteiger partial charge in [-0.3, -0.25) is 4.79 Å². The van der Waals surface area contributed by atoms with Crippen molar-refractivity contribution < 1.29 is 4.79 Å². The zero-order chi connectivity index (χ0) is 15.4. The molecule has 0 saturated carbocycles. The van der Waals surface area contributed by atoms with Crippen LogP contribution in [0.25, 0.3) is 11.4 Å². The van der Waals surface area contributed by atoms with Crippen LogP contribution < -0.4 is 11.1 Å². The summed E-state index contributed by atoms with van der Waals surface area (Å²) in [6, 6.07) is 6.85. The van der Waals surface area contributed by atoms with E-state index in [1.54, 1.807) is 11.7 Å². The molecule has 1 amide bonds. The lowest BCUT2D eigenvalue weighted by Gasteiger charge is -2.14. The van der Waals surface area contributed by atoms with E-state index in [2.05, 4.69) is 20.8 Å². The number of carbonyl (C=O) groups is 1. The monoisotopic (exact) mass is 288 g/mol. The van der Waals surface area contributed by atoms with Gasteiger partial charge in [-0.15, -0.1) is 5.10 Å². The first kappa shape index (κ1) is 15.1. The fraction of sp³-hybridized carbons (Fsp3) is 0.429. The van der Waals surface area contributed by atoms with Crippen molar-refractivity contribution in [3.63, 3.8) is 0 Å². The molecule has 1 aromatic carbocycles. The molecule has 21 heavy (non-hydrogen) atoms. The van der Waals surface area contributed by atoms with Crippen LogP contribution in [0.4, 0.5) is 5.69 Å². The number of amides is 1.